The number of alkyl carbamates (subject to hydrolysis) is 1. The molecule has 3 aromatic heterocycles. The first-order valence-corrected chi connectivity index (χ1v) is 10.8. The fourth-order valence-corrected chi connectivity index (χ4v) is 4.80. The Labute approximate surface area is 178 Å². The minimum Gasteiger partial charge on any atom is -0.492 e. The Kier molecular flexibility index (Phi) is 5.46. The first-order valence-electron chi connectivity index (χ1n) is 10.0. The van der Waals surface area contributed by atoms with E-state index in [9.17, 15) is 9.90 Å². The molecule has 0 unspecified atom stereocenters. The maximum Gasteiger partial charge on any atom is 0.407 e. The molecule has 0 aromatic carbocycles. The number of nitrogens with zero attached hydrogens (tertiary/aromatic N) is 4. The molecule has 0 spiro atoms. The average molecular weight is 434 g/mol. The Balaban J connectivity index is 1.51. The van der Waals surface area contributed by atoms with Gasteiger partial charge in [-0.3, -0.25) is 4.90 Å². The fourth-order valence-electron chi connectivity index (χ4n) is 3.72. The number of likely N-dealkylation sites (tertiary alicyclic amines) is 1. The number of thiazole rings is 1. The van der Waals surface area contributed by atoms with E-state index < -0.39 is 5.60 Å². The lowest BCUT2D eigenvalue weighted by Crippen LogP contribution is -2.47. The molecule has 10 heteroatoms. The van der Waals surface area contributed by atoms with Crippen molar-refractivity contribution in [3.8, 4) is 5.88 Å². The largest absolute Gasteiger partial charge is 0.492 e. The number of aromatic nitrogens is 3. The van der Waals surface area contributed by atoms with Gasteiger partial charge in [0.15, 0.2) is 0 Å². The zero-order chi connectivity index (χ0) is 21.5. The normalized spacial score (nSPS) is 17.3. The summed E-state index contributed by atoms with van der Waals surface area (Å²) in [5, 5.41) is 17.8. The highest BCUT2D eigenvalue weighted by molar-refractivity contribution is 7.17. The summed E-state index contributed by atoms with van der Waals surface area (Å²) in [7, 11) is 0. The number of fused-ring (bicyclic) bond motifs is 1. The molecular formula is C20H27N5O4S. The Hall–Kier alpha value is -2.59. The minimum atomic E-state index is -0.519. The molecule has 1 aliphatic rings. The third-order valence-electron chi connectivity index (χ3n) is 5.03. The zero-order valence-electron chi connectivity index (χ0n) is 17.6. The van der Waals surface area contributed by atoms with Crippen LogP contribution in [-0.4, -0.2) is 55.4 Å². The van der Waals surface area contributed by atoms with Gasteiger partial charge < -0.3 is 19.6 Å². The van der Waals surface area contributed by atoms with Crippen LogP contribution in [0.3, 0.4) is 0 Å². The smallest absolute Gasteiger partial charge is 0.407 e. The Morgan fingerprint density at radius 2 is 2.10 bits per heavy atom. The van der Waals surface area contributed by atoms with Gasteiger partial charge in [-0.25, -0.2) is 9.78 Å². The number of carbonyl (C=O) groups is 1. The summed E-state index contributed by atoms with van der Waals surface area (Å²) in [6, 6.07) is 3.67. The van der Waals surface area contributed by atoms with E-state index in [1.165, 1.54) is 22.2 Å². The van der Waals surface area contributed by atoms with Crippen molar-refractivity contribution in [1.29, 1.82) is 0 Å². The molecule has 0 aliphatic carbocycles. The monoisotopic (exact) mass is 433 g/mol. The van der Waals surface area contributed by atoms with E-state index >= 15 is 0 Å². The molecule has 1 saturated heterocycles. The molecule has 1 amide bonds. The second-order valence-electron chi connectivity index (χ2n) is 8.55. The number of furan rings is 1. The summed E-state index contributed by atoms with van der Waals surface area (Å²) in [4.78, 5) is 19.9. The third kappa shape index (κ3) is 4.29. The third-order valence-corrected chi connectivity index (χ3v) is 6.12. The SMILES string of the molecule is Cc1ccc([C@H](c2sc3ncnn3c2O)N2CCC(NC(=O)OC(C)(C)C)CC2)o1. The van der Waals surface area contributed by atoms with Crippen molar-refractivity contribution in [2.45, 2.75) is 58.2 Å². The van der Waals surface area contributed by atoms with E-state index in [1.807, 2.05) is 39.8 Å². The summed E-state index contributed by atoms with van der Waals surface area (Å²) in [6.45, 7) is 8.93. The number of hydrogen-bond donors (Lipinski definition) is 2. The molecule has 9 nitrogen and oxygen atoms in total. The van der Waals surface area contributed by atoms with Crippen molar-refractivity contribution in [1.82, 2.24) is 24.8 Å². The molecule has 3 aromatic rings. The predicted molar refractivity (Wildman–Crippen MR) is 112 cm³/mol. The van der Waals surface area contributed by atoms with Crippen molar-refractivity contribution >= 4 is 22.4 Å². The summed E-state index contributed by atoms with van der Waals surface area (Å²) in [5.41, 5.74) is -0.519. The number of hydrogen-bond acceptors (Lipinski definition) is 8. The molecule has 1 fully saturated rings. The highest BCUT2D eigenvalue weighted by Gasteiger charge is 2.34. The summed E-state index contributed by atoms with van der Waals surface area (Å²) >= 11 is 1.40. The topological polar surface area (TPSA) is 105 Å². The first kappa shape index (κ1) is 20.7. The van der Waals surface area contributed by atoms with E-state index in [0.29, 0.717) is 4.96 Å². The van der Waals surface area contributed by atoms with Crippen LogP contribution in [0.25, 0.3) is 4.96 Å². The van der Waals surface area contributed by atoms with Crippen molar-refractivity contribution in [2.24, 2.45) is 0 Å². The number of nitrogens with one attached hydrogen (secondary N) is 1. The zero-order valence-corrected chi connectivity index (χ0v) is 18.4. The van der Waals surface area contributed by atoms with Crippen LogP contribution in [0, 0.1) is 6.92 Å². The van der Waals surface area contributed by atoms with Gasteiger partial charge in [0.25, 0.3) is 0 Å². The second kappa shape index (κ2) is 7.92. The lowest BCUT2D eigenvalue weighted by Gasteiger charge is -2.36. The number of aromatic hydroxyl groups is 1. The molecule has 162 valence electrons. The van der Waals surface area contributed by atoms with Gasteiger partial charge in [-0.15, -0.1) is 0 Å². The van der Waals surface area contributed by atoms with Crippen LogP contribution in [0.2, 0.25) is 0 Å². The van der Waals surface area contributed by atoms with Crippen LogP contribution in [0.4, 0.5) is 4.79 Å². The second-order valence-corrected chi connectivity index (χ2v) is 9.56. The number of amides is 1. The lowest BCUT2D eigenvalue weighted by molar-refractivity contribution is 0.0470. The summed E-state index contributed by atoms with van der Waals surface area (Å²) in [5.74, 6) is 1.67. The molecule has 0 saturated carbocycles. The van der Waals surface area contributed by atoms with Crippen molar-refractivity contribution in [3.63, 3.8) is 0 Å². The highest BCUT2D eigenvalue weighted by Crippen LogP contribution is 2.41. The van der Waals surface area contributed by atoms with Crippen LogP contribution in [0.15, 0.2) is 22.9 Å². The van der Waals surface area contributed by atoms with E-state index in [-0.39, 0.29) is 24.1 Å². The molecule has 4 heterocycles. The Morgan fingerprint density at radius 1 is 1.37 bits per heavy atom. The van der Waals surface area contributed by atoms with Crippen molar-refractivity contribution in [3.05, 3.63) is 34.9 Å². The van der Waals surface area contributed by atoms with Crippen LogP contribution in [0.5, 0.6) is 5.88 Å². The van der Waals surface area contributed by atoms with Crippen LogP contribution >= 0.6 is 11.3 Å². The first-order chi connectivity index (χ1) is 14.2. The highest BCUT2D eigenvalue weighted by atomic mass is 32.1. The molecule has 4 rings (SSSR count). The van der Waals surface area contributed by atoms with E-state index in [4.69, 9.17) is 9.15 Å². The van der Waals surface area contributed by atoms with E-state index in [0.717, 1.165) is 42.3 Å². The van der Waals surface area contributed by atoms with Gasteiger partial charge >= 0.3 is 6.09 Å². The van der Waals surface area contributed by atoms with Gasteiger partial charge in [-0.05, 0) is 52.7 Å². The molecular weight excluding hydrogens is 406 g/mol. The summed E-state index contributed by atoms with van der Waals surface area (Å²) in [6.07, 6.45) is 2.59. The van der Waals surface area contributed by atoms with Crippen LogP contribution in [-0.2, 0) is 4.74 Å². The Morgan fingerprint density at radius 3 is 2.70 bits per heavy atom. The van der Waals surface area contributed by atoms with E-state index in [2.05, 4.69) is 20.3 Å². The maximum atomic E-state index is 12.1. The van der Waals surface area contributed by atoms with Gasteiger partial charge in [0, 0.05) is 19.1 Å². The molecule has 1 atom stereocenters. The molecule has 0 bridgehead atoms. The number of aryl methyl sites for hydroxylation is 1. The predicted octanol–water partition coefficient (Wildman–Crippen LogP) is 3.48. The minimum absolute atomic E-state index is 0.0472. The van der Waals surface area contributed by atoms with Gasteiger partial charge in [0.1, 0.15) is 29.5 Å². The Bertz CT molecular complexity index is 1030. The average Bonchev–Trinajstić information content (AvgIpc) is 3.35. The van der Waals surface area contributed by atoms with Gasteiger partial charge in [-0.1, -0.05) is 11.3 Å². The quantitative estimate of drug-likeness (QED) is 0.649. The van der Waals surface area contributed by atoms with Crippen molar-refractivity contribution in [2.75, 3.05) is 13.1 Å². The number of piperidine rings is 1. The van der Waals surface area contributed by atoms with Crippen molar-refractivity contribution < 1.29 is 19.1 Å². The maximum absolute atomic E-state index is 12.1. The number of ether oxygens (including phenoxy) is 1. The molecule has 30 heavy (non-hydrogen) atoms. The van der Waals surface area contributed by atoms with E-state index in [1.54, 1.807) is 0 Å². The number of carbonyl (C=O) groups excluding carboxylic acids is 1. The van der Waals surface area contributed by atoms with Gasteiger partial charge in [-0.2, -0.15) is 9.61 Å². The van der Waals surface area contributed by atoms with Gasteiger partial charge in [0.2, 0.25) is 10.8 Å². The standard InChI is InChI=1S/C20H27N5O4S/c1-12-5-6-14(28-12)15(16-17(26)25-18(30-16)21-11-22-25)24-9-7-13(8-10-24)23-19(27)29-20(2,3)4/h5-6,11,13,15,26H,7-10H2,1-4H3,(H,23,27)/t15-/m1/s1. The lowest BCUT2D eigenvalue weighted by atomic mass is 10.0. The molecule has 1 aliphatic heterocycles. The molecule has 2 N–H and O–H groups in total. The van der Waals surface area contributed by atoms with Crippen LogP contribution in [0.1, 0.15) is 56.1 Å². The van der Waals surface area contributed by atoms with Gasteiger partial charge in [0.05, 0.1) is 4.88 Å². The molecule has 0 radical (unpaired) electrons. The summed E-state index contributed by atoms with van der Waals surface area (Å²) < 4.78 is 12.8. The fraction of sp³-hybridized carbons (Fsp3) is 0.550. The number of rotatable bonds is 4. The van der Waals surface area contributed by atoms with Crippen LogP contribution < -0.4 is 5.32 Å².